The van der Waals surface area contributed by atoms with Crippen LogP contribution in [0.5, 0.6) is 0 Å². The van der Waals surface area contributed by atoms with Gasteiger partial charge >= 0.3 is 17.9 Å². The van der Waals surface area contributed by atoms with E-state index in [1.165, 1.54) is 141 Å². The zero-order valence-electron chi connectivity index (χ0n) is 36.1. The lowest BCUT2D eigenvalue weighted by atomic mass is 10.00. The number of hydrogen-bond donors (Lipinski definition) is 0. The largest absolute Gasteiger partial charge is 0.462 e. The van der Waals surface area contributed by atoms with Crippen molar-refractivity contribution >= 4 is 17.9 Å². The molecule has 0 aliphatic heterocycles. The maximum atomic E-state index is 12.7. The van der Waals surface area contributed by atoms with E-state index in [2.05, 4.69) is 34.6 Å². The number of carbonyl (C=O) groups excluding carboxylic acids is 3. The molecule has 0 saturated heterocycles. The van der Waals surface area contributed by atoms with E-state index in [0.29, 0.717) is 19.3 Å². The maximum Gasteiger partial charge on any atom is 0.306 e. The highest BCUT2D eigenvalue weighted by molar-refractivity contribution is 5.71. The summed E-state index contributed by atoms with van der Waals surface area (Å²) in [6, 6.07) is 0. The van der Waals surface area contributed by atoms with E-state index < -0.39 is 6.10 Å². The lowest BCUT2D eigenvalue weighted by Crippen LogP contribution is -2.30. The summed E-state index contributed by atoms with van der Waals surface area (Å²) in [5.74, 6) is 0.797. The third-order valence-electron chi connectivity index (χ3n) is 10.8. The standard InChI is InChI=1S/C47H90O6/c1-6-8-9-10-20-27-32-37-45(48)51-40-44(41-52-46(49)38-33-28-24-23-26-31-36-43(5)7-2)53-47(50)39-34-29-22-19-17-15-13-11-12-14-16-18-21-25-30-35-42(3)4/h42-44H,6-41H2,1-5H3/t43?,44-/m1/s1. The third-order valence-corrected chi connectivity index (χ3v) is 10.8. The summed E-state index contributed by atoms with van der Waals surface area (Å²) in [6.07, 6.45) is 38.2. The number of hydrogen-bond acceptors (Lipinski definition) is 6. The second kappa shape index (κ2) is 40.1. The van der Waals surface area contributed by atoms with Gasteiger partial charge in [0.15, 0.2) is 6.10 Å². The Morgan fingerprint density at radius 2 is 0.717 bits per heavy atom. The molecule has 0 aromatic carbocycles. The molecule has 0 fully saturated rings. The van der Waals surface area contributed by atoms with Crippen LogP contribution in [0.15, 0.2) is 0 Å². The van der Waals surface area contributed by atoms with Gasteiger partial charge in [0, 0.05) is 19.3 Å². The van der Waals surface area contributed by atoms with Gasteiger partial charge in [0.05, 0.1) is 0 Å². The highest BCUT2D eigenvalue weighted by atomic mass is 16.6. The molecule has 0 aliphatic rings. The predicted molar refractivity (Wildman–Crippen MR) is 224 cm³/mol. The van der Waals surface area contributed by atoms with E-state index in [-0.39, 0.29) is 31.1 Å². The first-order valence-corrected chi connectivity index (χ1v) is 23.3. The summed E-state index contributed by atoms with van der Waals surface area (Å²) in [7, 11) is 0. The molecule has 53 heavy (non-hydrogen) atoms. The number of unbranched alkanes of at least 4 members (excludes halogenated alkanes) is 25. The first kappa shape index (κ1) is 51.4. The molecule has 0 aromatic rings. The first-order chi connectivity index (χ1) is 25.8. The summed E-state index contributed by atoms with van der Waals surface area (Å²) in [4.78, 5) is 37.6. The van der Waals surface area contributed by atoms with Crippen LogP contribution in [0, 0.1) is 11.8 Å². The Hall–Kier alpha value is -1.59. The summed E-state index contributed by atoms with van der Waals surface area (Å²) < 4.78 is 16.7. The molecular formula is C47H90O6. The van der Waals surface area contributed by atoms with Crippen molar-refractivity contribution < 1.29 is 28.6 Å². The Balaban J connectivity index is 4.22. The average Bonchev–Trinajstić information content (AvgIpc) is 3.14. The Kier molecular flexibility index (Phi) is 38.9. The van der Waals surface area contributed by atoms with Gasteiger partial charge in [0.1, 0.15) is 13.2 Å². The molecule has 2 atom stereocenters. The van der Waals surface area contributed by atoms with E-state index in [9.17, 15) is 14.4 Å². The molecule has 0 aliphatic carbocycles. The van der Waals surface area contributed by atoms with Crippen molar-refractivity contribution in [3.05, 3.63) is 0 Å². The summed E-state index contributed by atoms with van der Waals surface area (Å²) in [6.45, 7) is 11.3. The fraction of sp³-hybridized carbons (Fsp3) is 0.936. The topological polar surface area (TPSA) is 78.9 Å². The van der Waals surface area contributed by atoms with E-state index in [1.54, 1.807) is 0 Å². The van der Waals surface area contributed by atoms with Crippen molar-refractivity contribution in [1.82, 2.24) is 0 Å². The van der Waals surface area contributed by atoms with Crippen molar-refractivity contribution in [1.29, 1.82) is 0 Å². The van der Waals surface area contributed by atoms with Gasteiger partial charge < -0.3 is 14.2 Å². The molecule has 0 N–H and O–H groups in total. The molecular weight excluding hydrogens is 661 g/mol. The number of rotatable bonds is 41. The van der Waals surface area contributed by atoms with Crippen molar-refractivity contribution in [3.8, 4) is 0 Å². The van der Waals surface area contributed by atoms with Gasteiger partial charge in [-0.3, -0.25) is 14.4 Å². The fourth-order valence-corrected chi connectivity index (χ4v) is 6.90. The van der Waals surface area contributed by atoms with Crippen molar-refractivity contribution in [2.75, 3.05) is 13.2 Å². The molecule has 0 bridgehead atoms. The first-order valence-electron chi connectivity index (χ1n) is 23.3. The highest BCUT2D eigenvalue weighted by Crippen LogP contribution is 2.17. The second-order valence-corrected chi connectivity index (χ2v) is 16.8. The minimum absolute atomic E-state index is 0.0660. The zero-order chi connectivity index (χ0) is 39.0. The fourth-order valence-electron chi connectivity index (χ4n) is 6.90. The molecule has 0 saturated carbocycles. The van der Waals surface area contributed by atoms with Crippen molar-refractivity contribution in [2.45, 2.75) is 259 Å². The zero-order valence-corrected chi connectivity index (χ0v) is 36.1. The molecule has 6 heteroatoms. The normalized spacial score (nSPS) is 12.6. The molecule has 0 amide bonds. The lowest BCUT2D eigenvalue weighted by molar-refractivity contribution is -0.167. The van der Waals surface area contributed by atoms with Crippen LogP contribution in [0.25, 0.3) is 0 Å². The molecule has 0 rings (SSSR count). The number of ether oxygens (including phenoxy) is 3. The smallest absolute Gasteiger partial charge is 0.306 e. The Bertz CT molecular complexity index is 811. The highest BCUT2D eigenvalue weighted by Gasteiger charge is 2.19. The molecule has 0 aromatic heterocycles. The predicted octanol–water partition coefficient (Wildman–Crippen LogP) is 14.6. The summed E-state index contributed by atoms with van der Waals surface area (Å²) in [5.41, 5.74) is 0. The van der Waals surface area contributed by atoms with Gasteiger partial charge in [0.25, 0.3) is 0 Å². The monoisotopic (exact) mass is 751 g/mol. The van der Waals surface area contributed by atoms with E-state index in [0.717, 1.165) is 69.6 Å². The van der Waals surface area contributed by atoms with Gasteiger partial charge in [-0.05, 0) is 31.1 Å². The number of esters is 3. The number of carbonyl (C=O) groups is 3. The molecule has 0 radical (unpaired) electrons. The van der Waals surface area contributed by atoms with E-state index in [1.807, 2.05) is 0 Å². The van der Waals surface area contributed by atoms with Crippen LogP contribution in [0.2, 0.25) is 0 Å². The van der Waals surface area contributed by atoms with Crippen LogP contribution >= 0.6 is 0 Å². The van der Waals surface area contributed by atoms with E-state index in [4.69, 9.17) is 14.2 Å². The van der Waals surface area contributed by atoms with Crippen LogP contribution in [-0.4, -0.2) is 37.2 Å². The van der Waals surface area contributed by atoms with Crippen LogP contribution in [0.4, 0.5) is 0 Å². The van der Waals surface area contributed by atoms with Gasteiger partial charge in [-0.1, -0.05) is 214 Å². The van der Waals surface area contributed by atoms with Gasteiger partial charge in [-0.2, -0.15) is 0 Å². The molecule has 314 valence electrons. The lowest BCUT2D eigenvalue weighted by Gasteiger charge is -2.18. The third kappa shape index (κ3) is 39.9. The molecule has 1 unspecified atom stereocenters. The summed E-state index contributed by atoms with van der Waals surface area (Å²) in [5, 5.41) is 0. The quantitative estimate of drug-likeness (QED) is 0.0352. The van der Waals surface area contributed by atoms with Crippen LogP contribution < -0.4 is 0 Å². The molecule has 0 spiro atoms. The van der Waals surface area contributed by atoms with Gasteiger partial charge in [-0.15, -0.1) is 0 Å². The van der Waals surface area contributed by atoms with Gasteiger partial charge in [0.2, 0.25) is 0 Å². The van der Waals surface area contributed by atoms with E-state index >= 15 is 0 Å². The van der Waals surface area contributed by atoms with Crippen LogP contribution in [0.3, 0.4) is 0 Å². The van der Waals surface area contributed by atoms with Crippen molar-refractivity contribution in [2.24, 2.45) is 11.8 Å². The van der Waals surface area contributed by atoms with Gasteiger partial charge in [-0.25, -0.2) is 0 Å². The van der Waals surface area contributed by atoms with Crippen LogP contribution in [0.1, 0.15) is 253 Å². The summed E-state index contributed by atoms with van der Waals surface area (Å²) >= 11 is 0. The Morgan fingerprint density at radius 3 is 1.08 bits per heavy atom. The SMILES string of the molecule is CCCCCCCCCC(=O)OC[C@H](COC(=O)CCCCCCCCC(C)CC)OC(=O)CCCCCCCCCCCCCCCCCC(C)C. The molecule has 6 nitrogen and oxygen atoms in total. The van der Waals surface area contributed by atoms with Crippen LogP contribution in [-0.2, 0) is 28.6 Å². The maximum absolute atomic E-state index is 12.7. The van der Waals surface area contributed by atoms with Crippen molar-refractivity contribution in [3.63, 3.8) is 0 Å². The second-order valence-electron chi connectivity index (χ2n) is 16.8. The average molecular weight is 751 g/mol. The minimum atomic E-state index is -0.760. The Labute approximate surface area is 329 Å². The minimum Gasteiger partial charge on any atom is -0.462 e. The molecule has 0 heterocycles. The Morgan fingerprint density at radius 1 is 0.396 bits per heavy atom.